The van der Waals surface area contributed by atoms with Crippen molar-refractivity contribution >= 4 is 55.5 Å². The Bertz CT molecular complexity index is 2670. The number of carbonyl (C=O) groups excluding carboxylic acids is 3. The number of unbranched alkanes of at least 4 members (excludes halogenated alkanes) is 3. The van der Waals surface area contributed by atoms with Gasteiger partial charge in [0.15, 0.2) is 5.82 Å². The van der Waals surface area contributed by atoms with Crippen LogP contribution in [0.2, 0.25) is 0 Å². The fourth-order valence-corrected chi connectivity index (χ4v) is 9.66. The number of hydrogen-bond donors (Lipinski definition) is 3. The molecule has 336 valence electrons. The van der Waals surface area contributed by atoms with Crippen LogP contribution in [0.3, 0.4) is 0 Å². The number of aromatic nitrogens is 2. The molecule has 2 unspecified atom stereocenters. The van der Waals surface area contributed by atoms with E-state index < -0.39 is 68.5 Å². The van der Waals surface area contributed by atoms with E-state index in [4.69, 9.17) is 23.9 Å². The zero-order valence-corrected chi connectivity index (χ0v) is 36.7. The zero-order chi connectivity index (χ0) is 45.2. The van der Waals surface area contributed by atoms with Crippen LogP contribution in [0, 0.1) is 11.7 Å². The number of nitrogens with one attached hydrogen (secondary N) is 3. The number of likely N-dealkylation sites (tertiary alicyclic amines) is 1. The van der Waals surface area contributed by atoms with Crippen LogP contribution >= 0.6 is 0 Å². The molecule has 2 aliphatic carbocycles. The summed E-state index contributed by atoms with van der Waals surface area (Å²) >= 11 is 0. The molecular formula is C48H53FN6O8S. The van der Waals surface area contributed by atoms with E-state index in [1.54, 1.807) is 12.1 Å². The number of fused-ring (bicyclic) bond motifs is 3. The van der Waals surface area contributed by atoms with E-state index in [9.17, 15) is 27.2 Å². The summed E-state index contributed by atoms with van der Waals surface area (Å²) in [6.07, 6.45) is 7.11. The number of allylic oxidation sites excluding steroid dienone is 1. The minimum Gasteiger partial charge on any atom is -0.491 e. The number of ether oxygens (including phenoxy) is 2. The van der Waals surface area contributed by atoms with Crippen molar-refractivity contribution in [1.82, 2.24) is 24.9 Å². The fourth-order valence-electron chi connectivity index (χ4n) is 8.30. The van der Waals surface area contributed by atoms with Gasteiger partial charge in [-0.25, -0.2) is 17.8 Å². The summed E-state index contributed by atoms with van der Waals surface area (Å²) in [5.41, 5.74) is 0.976. The Morgan fingerprint density at radius 1 is 1.00 bits per heavy atom. The molecule has 3 amide bonds. The van der Waals surface area contributed by atoms with Crippen molar-refractivity contribution in [3.8, 4) is 23.0 Å². The highest BCUT2D eigenvalue weighted by Gasteiger charge is 2.62. The van der Waals surface area contributed by atoms with Gasteiger partial charge >= 0.3 is 0 Å². The molecule has 1 aliphatic heterocycles. The van der Waals surface area contributed by atoms with Gasteiger partial charge in [-0.3, -0.25) is 19.1 Å². The molecule has 0 spiro atoms. The van der Waals surface area contributed by atoms with Gasteiger partial charge in [-0.2, -0.15) is 4.98 Å². The molecule has 3 heterocycles. The maximum atomic E-state index is 14.9. The number of anilines is 1. The molecule has 5 aromatic rings. The van der Waals surface area contributed by atoms with Gasteiger partial charge < -0.3 is 29.4 Å². The molecule has 2 aromatic heterocycles. The van der Waals surface area contributed by atoms with Crippen molar-refractivity contribution < 1.29 is 41.1 Å². The van der Waals surface area contributed by atoms with E-state index >= 15 is 0 Å². The number of carbonyl (C=O) groups is 3. The van der Waals surface area contributed by atoms with Crippen molar-refractivity contribution in [2.24, 2.45) is 5.92 Å². The Labute approximate surface area is 371 Å². The highest BCUT2D eigenvalue weighted by molar-refractivity contribution is 7.91. The van der Waals surface area contributed by atoms with Gasteiger partial charge in [0, 0.05) is 29.0 Å². The third-order valence-corrected chi connectivity index (χ3v) is 13.8. The van der Waals surface area contributed by atoms with Crippen molar-refractivity contribution in [2.45, 2.75) is 107 Å². The third-order valence-electron chi connectivity index (χ3n) is 11.9. The highest BCUT2D eigenvalue weighted by atomic mass is 32.2. The van der Waals surface area contributed by atoms with Crippen molar-refractivity contribution in [1.29, 1.82) is 0 Å². The van der Waals surface area contributed by atoms with E-state index in [2.05, 4.69) is 28.5 Å². The second-order valence-corrected chi connectivity index (χ2v) is 19.1. The summed E-state index contributed by atoms with van der Waals surface area (Å²) in [5, 5.41) is 6.21. The van der Waals surface area contributed by atoms with E-state index in [0.29, 0.717) is 59.6 Å². The molecule has 3 aromatic carbocycles. The van der Waals surface area contributed by atoms with Crippen LogP contribution in [0.25, 0.3) is 33.5 Å². The summed E-state index contributed by atoms with van der Waals surface area (Å²) in [7, 11) is -3.93. The fraction of sp³-hybridized carbons (Fsp3) is 0.396. The topological polar surface area (TPSA) is 182 Å². The van der Waals surface area contributed by atoms with Crippen LogP contribution in [-0.2, 0) is 24.4 Å². The molecule has 3 fully saturated rings. The van der Waals surface area contributed by atoms with Gasteiger partial charge in [-0.05, 0) is 113 Å². The molecule has 64 heavy (non-hydrogen) atoms. The Hall–Kier alpha value is -6.29. The molecule has 14 nitrogen and oxygen atoms in total. The molecule has 5 atom stereocenters. The number of hydrogen-bond acceptors (Lipinski definition) is 11. The maximum Gasteiger partial charge on any atom is 0.262 e. The van der Waals surface area contributed by atoms with Gasteiger partial charge in [-0.1, -0.05) is 37.1 Å². The van der Waals surface area contributed by atoms with Crippen molar-refractivity contribution in [3.05, 3.63) is 104 Å². The number of rotatable bonds is 20. The Morgan fingerprint density at radius 2 is 1.75 bits per heavy atom. The number of halogens is 1. The van der Waals surface area contributed by atoms with Gasteiger partial charge in [0.05, 0.1) is 17.9 Å². The van der Waals surface area contributed by atoms with E-state index in [1.165, 1.54) is 23.1 Å². The summed E-state index contributed by atoms with van der Waals surface area (Å²) < 4.78 is 60.8. The van der Waals surface area contributed by atoms with Crippen LogP contribution in [-0.4, -0.2) is 82.6 Å². The number of sulfonamides is 1. The molecular weight excluding hydrogens is 840 g/mol. The second-order valence-electron chi connectivity index (χ2n) is 17.1. The average molecular weight is 893 g/mol. The third kappa shape index (κ3) is 9.61. The molecule has 3 N–H and O–H groups in total. The quantitative estimate of drug-likeness (QED) is 0.0517. The van der Waals surface area contributed by atoms with Crippen molar-refractivity contribution in [3.63, 3.8) is 0 Å². The Kier molecular flexibility index (Phi) is 12.8. The first-order valence-electron chi connectivity index (χ1n) is 21.9. The van der Waals surface area contributed by atoms with Crippen LogP contribution in [0.4, 0.5) is 10.1 Å². The number of nitrogens with zero attached hydrogens (tertiary/aromatic N) is 3. The van der Waals surface area contributed by atoms with Gasteiger partial charge in [0.1, 0.15) is 46.4 Å². The van der Waals surface area contributed by atoms with E-state index in [1.807, 2.05) is 68.5 Å². The summed E-state index contributed by atoms with van der Waals surface area (Å²) in [6, 6.07) is 18.5. The Morgan fingerprint density at radius 3 is 2.44 bits per heavy atom. The minimum atomic E-state index is -3.93. The lowest BCUT2D eigenvalue weighted by molar-refractivity contribution is -0.140. The number of furan rings is 1. The van der Waals surface area contributed by atoms with Crippen LogP contribution < -0.4 is 24.8 Å². The molecule has 8 rings (SSSR count). The van der Waals surface area contributed by atoms with Gasteiger partial charge in [0.2, 0.25) is 27.4 Å². The predicted molar refractivity (Wildman–Crippen MR) is 241 cm³/mol. The lowest BCUT2D eigenvalue weighted by Crippen LogP contribution is -2.57. The monoisotopic (exact) mass is 892 g/mol. The standard InChI is InChI=1S/C48H53FN6O8S/c1-5-7-8-9-10-14-38(50-33-20-18-32(49)19-21-33)46(57)55-28-35(26-39(55)44(56)53-48(27-31(48)6-2)47(58)54-64(59,60)36-24-25-36)62-45-42-41(37-13-11-12-15-40(37)63-42)51-43(52-45)30-16-22-34(23-17-30)61-29(3)4/h5-6,11-13,15-23,29,31,35-36,38-39,50H,1-2,7-10,14,24-28H2,3-4H3,(H,53,56)(H,54,58)/t31-,35?,38+,39?,48-/m1/s1. The highest BCUT2D eigenvalue weighted by Crippen LogP contribution is 2.46. The summed E-state index contributed by atoms with van der Waals surface area (Å²) in [6.45, 7) is 11.5. The Balaban J connectivity index is 1.13. The number of para-hydroxylation sites is 1. The normalized spacial score (nSPS) is 21.1. The smallest absolute Gasteiger partial charge is 0.262 e. The summed E-state index contributed by atoms with van der Waals surface area (Å²) in [5.74, 6) is -1.75. The number of amides is 3. The van der Waals surface area contributed by atoms with E-state index in [-0.39, 0.29) is 37.0 Å². The predicted octanol–water partition coefficient (Wildman–Crippen LogP) is 7.60. The lowest BCUT2D eigenvalue weighted by Gasteiger charge is -2.30. The SMILES string of the molecule is C=CCCCCC[C@H](Nc1ccc(F)cc1)C(=O)N1CC(Oc2nc(-c3ccc(OC(C)C)cc3)nc3c2oc2ccccc23)CC1C(=O)N[C@]1(C(=O)NS(=O)(=O)C2CC2)C[C@H]1C=C. The first-order chi connectivity index (χ1) is 30.8. The molecule has 3 aliphatic rings. The van der Waals surface area contributed by atoms with Crippen molar-refractivity contribution in [2.75, 3.05) is 11.9 Å². The first-order valence-corrected chi connectivity index (χ1v) is 23.4. The first kappa shape index (κ1) is 44.3. The van der Waals surface area contributed by atoms with Crippen LogP contribution in [0.1, 0.15) is 71.6 Å². The van der Waals surface area contributed by atoms with Gasteiger partial charge in [-0.15, -0.1) is 13.2 Å². The average Bonchev–Trinajstić information content (AvgIpc) is 4.18. The summed E-state index contributed by atoms with van der Waals surface area (Å²) in [4.78, 5) is 54.5. The molecule has 1 saturated heterocycles. The lowest BCUT2D eigenvalue weighted by atomic mass is 10.0. The van der Waals surface area contributed by atoms with Crippen LogP contribution in [0.15, 0.2) is 103 Å². The second kappa shape index (κ2) is 18.4. The number of benzene rings is 3. The molecule has 16 heteroatoms. The maximum absolute atomic E-state index is 14.9. The largest absolute Gasteiger partial charge is 0.491 e. The van der Waals surface area contributed by atoms with Crippen LogP contribution in [0.5, 0.6) is 11.6 Å². The van der Waals surface area contributed by atoms with E-state index in [0.717, 1.165) is 24.6 Å². The molecule has 2 saturated carbocycles. The molecule has 0 bridgehead atoms. The van der Waals surface area contributed by atoms with Gasteiger partial charge in [0.25, 0.3) is 11.8 Å². The zero-order valence-electron chi connectivity index (χ0n) is 35.9. The minimum absolute atomic E-state index is 0.0146. The molecule has 0 radical (unpaired) electrons.